The molecule has 0 atom stereocenters. The third-order valence-electron chi connectivity index (χ3n) is 4.47. The Morgan fingerprint density at radius 2 is 1.97 bits per heavy atom. The Labute approximate surface area is 185 Å². The van der Waals surface area contributed by atoms with E-state index in [9.17, 15) is 9.59 Å². The van der Waals surface area contributed by atoms with Gasteiger partial charge in [0.15, 0.2) is 23.8 Å². The fraction of sp³-hybridized carbons (Fsp3) is 0.261. The zero-order valence-corrected chi connectivity index (χ0v) is 18.5. The van der Waals surface area contributed by atoms with Crippen molar-refractivity contribution in [1.82, 2.24) is 4.90 Å². The molecule has 1 heterocycles. The highest BCUT2D eigenvalue weighted by Gasteiger charge is 2.25. The summed E-state index contributed by atoms with van der Waals surface area (Å²) in [7, 11) is 3.27. The average molecular weight is 443 g/mol. The number of hydrogen-bond acceptors (Lipinski definition) is 6. The van der Waals surface area contributed by atoms with E-state index in [1.165, 1.54) is 4.90 Å². The number of hydrogen-bond donors (Lipinski definition) is 0. The topological polar surface area (TPSA) is 77.4 Å². The number of halogens is 1. The molecule has 1 aliphatic rings. The van der Waals surface area contributed by atoms with E-state index in [1.807, 2.05) is 38.1 Å². The van der Waals surface area contributed by atoms with Crippen molar-refractivity contribution < 1.29 is 23.8 Å². The van der Waals surface area contributed by atoms with Crippen molar-refractivity contribution in [2.24, 2.45) is 4.99 Å². The van der Waals surface area contributed by atoms with Gasteiger partial charge < -0.3 is 19.1 Å². The second-order valence-electron chi connectivity index (χ2n) is 6.99. The van der Waals surface area contributed by atoms with Gasteiger partial charge >= 0.3 is 5.97 Å². The van der Waals surface area contributed by atoms with Crippen molar-refractivity contribution in [3.63, 3.8) is 0 Å². The summed E-state index contributed by atoms with van der Waals surface area (Å²) < 4.78 is 16.6. The molecule has 3 rings (SSSR count). The largest absolute Gasteiger partial charge is 0.490 e. The van der Waals surface area contributed by atoms with E-state index in [4.69, 9.17) is 25.8 Å². The molecule has 0 aromatic heterocycles. The maximum Gasteiger partial charge on any atom is 0.363 e. The first-order valence-electron chi connectivity index (χ1n) is 9.68. The molecular weight excluding hydrogens is 420 g/mol. The smallest absolute Gasteiger partial charge is 0.363 e. The van der Waals surface area contributed by atoms with E-state index in [0.717, 1.165) is 11.1 Å². The van der Waals surface area contributed by atoms with Crippen molar-refractivity contribution in [2.75, 3.05) is 27.3 Å². The van der Waals surface area contributed by atoms with Crippen LogP contribution < -0.4 is 9.47 Å². The van der Waals surface area contributed by atoms with Crippen LogP contribution in [0.15, 0.2) is 47.1 Å². The summed E-state index contributed by atoms with van der Waals surface area (Å²) in [6.07, 6.45) is 1.57. The van der Waals surface area contributed by atoms with Crippen molar-refractivity contribution in [1.29, 1.82) is 0 Å². The molecule has 162 valence electrons. The van der Waals surface area contributed by atoms with Crippen molar-refractivity contribution in [3.05, 3.63) is 63.8 Å². The molecule has 0 saturated heterocycles. The highest BCUT2D eigenvalue weighted by molar-refractivity contribution is 6.32. The Hall–Kier alpha value is -3.32. The average Bonchev–Trinajstić information content (AvgIpc) is 3.07. The SMILES string of the molecule is CCOc1cc(/C=C2/N=C(c3ccccc3C)OC2=O)cc(Cl)c1OCC(=O)N(C)C. The number of aryl methyl sites for hydroxylation is 1. The fourth-order valence-electron chi connectivity index (χ4n) is 2.83. The van der Waals surface area contributed by atoms with E-state index in [-0.39, 0.29) is 34.9 Å². The molecule has 2 aromatic carbocycles. The normalized spacial score (nSPS) is 14.3. The van der Waals surface area contributed by atoms with Crippen LogP contribution in [0.4, 0.5) is 0 Å². The first-order chi connectivity index (χ1) is 14.8. The number of esters is 1. The summed E-state index contributed by atoms with van der Waals surface area (Å²) in [6.45, 7) is 3.93. The molecule has 0 aliphatic carbocycles. The minimum atomic E-state index is -0.552. The maximum atomic E-state index is 12.3. The lowest BCUT2D eigenvalue weighted by Crippen LogP contribution is -2.27. The Morgan fingerprint density at radius 1 is 1.23 bits per heavy atom. The first-order valence-corrected chi connectivity index (χ1v) is 10.1. The molecule has 0 spiro atoms. The van der Waals surface area contributed by atoms with Gasteiger partial charge in [0.25, 0.3) is 5.91 Å². The van der Waals surface area contributed by atoms with Crippen LogP contribution in [-0.2, 0) is 14.3 Å². The van der Waals surface area contributed by atoms with Crippen LogP contribution in [0.25, 0.3) is 6.08 Å². The molecule has 7 nitrogen and oxygen atoms in total. The Balaban J connectivity index is 1.92. The maximum absolute atomic E-state index is 12.3. The second kappa shape index (κ2) is 9.66. The van der Waals surface area contributed by atoms with E-state index in [2.05, 4.69) is 4.99 Å². The summed E-state index contributed by atoms with van der Waals surface area (Å²) in [5.74, 6) is 0.121. The Kier molecular flexibility index (Phi) is 6.97. The van der Waals surface area contributed by atoms with Crippen LogP contribution in [0.5, 0.6) is 11.5 Å². The molecular formula is C23H23ClN2O5. The molecule has 0 saturated carbocycles. The molecule has 2 aromatic rings. The molecule has 0 radical (unpaired) electrons. The van der Waals surface area contributed by atoms with Gasteiger partial charge in [-0.3, -0.25) is 4.79 Å². The number of likely N-dealkylation sites (N-methyl/N-ethyl adjacent to an activating group) is 1. The van der Waals surface area contributed by atoms with E-state index < -0.39 is 5.97 Å². The quantitative estimate of drug-likeness (QED) is 0.480. The predicted octanol–water partition coefficient (Wildman–Crippen LogP) is 3.86. The van der Waals surface area contributed by atoms with Crippen LogP contribution >= 0.6 is 11.6 Å². The lowest BCUT2D eigenvalue weighted by atomic mass is 10.1. The van der Waals surface area contributed by atoms with Crippen molar-refractivity contribution in [3.8, 4) is 11.5 Å². The highest BCUT2D eigenvalue weighted by Crippen LogP contribution is 2.37. The number of benzene rings is 2. The number of amides is 1. The van der Waals surface area contributed by atoms with Gasteiger partial charge in [0.2, 0.25) is 5.90 Å². The number of ether oxygens (including phenoxy) is 3. The van der Waals surface area contributed by atoms with Crippen LogP contribution in [0.1, 0.15) is 23.6 Å². The standard InChI is InChI=1S/C23H23ClN2O5/c1-5-29-19-12-15(10-17(24)21(19)30-13-20(27)26(3)4)11-18-23(28)31-22(25-18)16-9-7-6-8-14(16)2/h6-12H,5,13H2,1-4H3/b18-11+. The van der Waals surface area contributed by atoms with Gasteiger partial charge in [0.05, 0.1) is 11.6 Å². The summed E-state index contributed by atoms with van der Waals surface area (Å²) in [5.41, 5.74) is 2.43. The second-order valence-corrected chi connectivity index (χ2v) is 7.40. The van der Waals surface area contributed by atoms with Gasteiger partial charge in [-0.2, -0.15) is 0 Å². The summed E-state index contributed by atoms with van der Waals surface area (Å²) in [6, 6.07) is 10.8. The Bertz CT molecular complexity index is 1080. The minimum absolute atomic E-state index is 0.147. The molecule has 31 heavy (non-hydrogen) atoms. The molecule has 8 heteroatoms. The summed E-state index contributed by atoms with van der Waals surface area (Å²) in [5, 5.41) is 0.249. The molecule has 0 fully saturated rings. The van der Waals surface area contributed by atoms with E-state index in [0.29, 0.717) is 17.9 Å². The fourth-order valence-corrected chi connectivity index (χ4v) is 3.11. The number of nitrogens with zero attached hydrogens (tertiary/aromatic N) is 2. The lowest BCUT2D eigenvalue weighted by Gasteiger charge is -2.16. The summed E-state index contributed by atoms with van der Waals surface area (Å²) in [4.78, 5) is 29.9. The first kappa shape index (κ1) is 22.4. The number of cyclic esters (lactones) is 1. The van der Waals surface area contributed by atoms with Crippen molar-refractivity contribution >= 4 is 35.5 Å². The molecule has 1 aliphatic heterocycles. The van der Waals surface area contributed by atoms with Gasteiger partial charge in [-0.25, -0.2) is 9.79 Å². The van der Waals surface area contributed by atoms with Crippen molar-refractivity contribution in [2.45, 2.75) is 13.8 Å². The minimum Gasteiger partial charge on any atom is -0.490 e. The number of rotatable bonds is 7. The monoisotopic (exact) mass is 442 g/mol. The van der Waals surface area contributed by atoms with Gasteiger partial charge in [-0.1, -0.05) is 29.8 Å². The van der Waals surface area contributed by atoms with Gasteiger partial charge in [0, 0.05) is 19.7 Å². The molecule has 0 unspecified atom stereocenters. The predicted molar refractivity (Wildman–Crippen MR) is 119 cm³/mol. The molecule has 1 amide bonds. The zero-order chi connectivity index (χ0) is 22.5. The van der Waals surface area contributed by atoms with Crippen LogP contribution in [0.2, 0.25) is 5.02 Å². The zero-order valence-electron chi connectivity index (χ0n) is 17.8. The molecule has 0 N–H and O–H groups in total. The number of carbonyl (C=O) groups excluding carboxylic acids is 2. The van der Waals surface area contributed by atoms with E-state index in [1.54, 1.807) is 32.3 Å². The third-order valence-corrected chi connectivity index (χ3v) is 4.75. The molecule has 0 bridgehead atoms. The Morgan fingerprint density at radius 3 is 2.65 bits per heavy atom. The highest BCUT2D eigenvalue weighted by atomic mass is 35.5. The number of aliphatic imine (C=N–C) groups is 1. The van der Waals surface area contributed by atoms with Gasteiger partial charge in [0.1, 0.15) is 0 Å². The lowest BCUT2D eigenvalue weighted by molar-refractivity contribution is -0.131. The van der Waals surface area contributed by atoms with Crippen LogP contribution in [0, 0.1) is 6.92 Å². The van der Waals surface area contributed by atoms with Gasteiger partial charge in [-0.15, -0.1) is 0 Å². The number of carbonyl (C=O) groups is 2. The van der Waals surface area contributed by atoms with E-state index >= 15 is 0 Å². The van der Waals surface area contributed by atoms with Gasteiger partial charge in [-0.05, 0) is 49.2 Å². The van der Waals surface area contributed by atoms with Crippen LogP contribution in [-0.4, -0.2) is 50.0 Å². The summed E-state index contributed by atoms with van der Waals surface area (Å²) >= 11 is 6.39. The van der Waals surface area contributed by atoms with Crippen LogP contribution in [0.3, 0.4) is 0 Å². The third kappa shape index (κ3) is 5.24.